The summed E-state index contributed by atoms with van der Waals surface area (Å²) in [5.74, 6) is -0.663. The summed E-state index contributed by atoms with van der Waals surface area (Å²) < 4.78 is 29.8. The van der Waals surface area contributed by atoms with E-state index < -0.39 is 15.9 Å². The second kappa shape index (κ2) is 12.6. The first-order valence-electron chi connectivity index (χ1n) is 8.23. The molecular formula is C16H31NO4S. The van der Waals surface area contributed by atoms with Gasteiger partial charge in [0, 0.05) is 13.6 Å². The van der Waals surface area contributed by atoms with Crippen molar-refractivity contribution in [3.63, 3.8) is 0 Å². The fourth-order valence-corrected chi connectivity index (χ4v) is 2.57. The van der Waals surface area contributed by atoms with E-state index in [1.807, 2.05) is 6.08 Å². The number of allylic oxidation sites excluding steroid dienone is 1. The summed E-state index contributed by atoms with van der Waals surface area (Å²) >= 11 is 0. The standard InChI is InChI=1S/C16H31NO4S/c1-3-4-5-6-7-8-9-10-11-12-13-16(18)17(2)14-15-22(19,20)21/h12-13H,3-11,14-15H2,1-2H3,(H,19,20,21)/b13-12+. The molecule has 0 rings (SSSR count). The van der Waals surface area contributed by atoms with Crippen molar-refractivity contribution >= 4 is 16.0 Å². The monoisotopic (exact) mass is 333 g/mol. The molecule has 0 unspecified atom stereocenters. The van der Waals surface area contributed by atoms with Crippen LogP contribution in [0.5, 0.6) is 0 Å². The molecule has 22 heavy (non-hydrogen) atoms. The summed E-state index contributed by atoms with van der Waals surface area (Å²) in [5.41, 5.74) is 0. The van der Waals surface area contributed by atoms with Crippen molar-refractivity contribution in [2.75, 3.05) is 19.3 Å². The highest BCUT2D eigenvalue weighted by Crippen LogP contribution is 2.09. The van der Waals surface area contributed by atoms with Crippen LogP contribution in [0.2, 0.25) is 0 Å². The van der Waals surface area contributed by atoms with E-state index in [0.29, 0.717) is 0 Å². The van der Waals surface area contributed by atoms with Crippen LogP contribution in [0, 0.1) is 0 Å². The van der Waals surface area contributed by atoms with Crippen molar-refractivity contribution in [2.45, 2.75) is 64.7 Å². The molecule has 0 aliphatic carbocycles. The summed E-state index contributed by atoms with van der Waals surface area (Å²) in [6.07, 6.45) is 14.2. The van der Waals surface area contributed by atoms with E-state index in [4.69, 9.17) is 4.55 Å². The Balaban J connectivity index is 3.61. The number of nitrogens with zero attached hydrogens (tertiary/aromatic N) is 1. The van der Waals surface area contributed by atoms with Gasteiger partial charge in [0.15, 0.2) is 0 Å². The molecule has 0 aromatic rings. The van der Waals surface area contributed by atoms with E-state index in [2.05, 4.69) is 6.92 Å². The highest BCUT2D eigenvalue weighted by molar-refractivity contribution is 7.85. The van der Waals surface area contributed by atoms with Crippen molar-refractivity contribution in [1.82, 2.24) is 4.90 Å². The van der Waals surface area contributed by atoms with Crippen molar-refractivity contribution in [3.05, 3.63) is 12.2 Å². The van der Waals surface area contributed by atoms with Gasteiger partial charge in [-0.25, -0.2) is 0 Å². The lowest BCUT2D eigenvalue weighted by molar-refractivity contribution is -0.124. The van der Waals surface area contributed by atoms with Gasteiger partial charge in [-0.2, -0.15) is 8.42 Å². The zero-order valence-corrected chi connectivity index (χ0v) is 14.8. The van der Waals surface area contributed by atoms with Gasteiger partial charge in [0.2, 0.25) is 5.91 Å². The smallest absolute Gasteiger partial charge is 0.266 e. The van der Waals surface area contributed by atoms with Gasteiger partial charge >= 0.3 is 0 Å². The van der Waals surface area contributed by atoms with E-state index in [9.17, 15) is 13.2 Å². The van der Waals surface area contributed by atoms with E-state index in [1.165, 1.54) is 63.0 Å². The van der Waals surface area contributed by atoms with Crippen LogP contribution in [0.4, 0.5) is 0 Å². The zero-order valence-electron chi connectivity index (χ0n) is 14.0. The summed E-state index contributed by atoms with van der Waals surface area (Å²) in [6, 6.07) is 0. The first-order valence-corrected chi connectivity index (χ1v) is 9.84. The average molecular weight is 333 g/mol. The highest BCUT2D eigenvalue weighted by Gasteiger charge is 2.09. The van der Waals surface area contributed by atoms with Crippen LogP contribution in [0.1, 0.15) is 64.7 Å². The maximum Gasteiger partial charge on any atom is 0.266 e. The lowest BCUT2D eigenvalue weighted by Crippen LogP contribution is -2.30. The topological polar surface area (TPSA) is 74.7 Å². The fraction of sp³-hybridized carbons (Fsp3) is 0.812. The Hall–Kier alpha value is -0.880. The molecule has 0 aromatic heterocycles. The molecule has 0 fully saturated rings. The van der Waals surface area contributed by atoms with Gasteiger partial charge in [-0.3, -0.25) is 9.35 Å². The number of hydrogen-bond acceptors (Lipinski definition) is 3. The number of hydrogen-bond donors (Lipinski definition) is 1. The van der Waals surface area contributed by atoms with Crippen LogP contribution in [-0.2, 0) is 14.9 Å². The number of unbranched alkanes of at least 4 members (excludes halogenated alkanes) is 8. The third-order valence-corrected chi connectivity index (χ3v) is 4.24. The van der Waals surface area contributed by atoms with Crippen LogP contribution in [0.25, 0.3) is 0 Å². The molecule has 0 aromatic carbocycles. The molecule has 0 aliphatic heterocycles. The lowest BCUT2D eigenvalue weighted by atomic mass is 10.1. The Labute approximate surface area is 135 Å². The zero-order chi connectivity index (χ0) is 16.8. The summed E-state index contributed by atoms with van der Waals surface area (Å²) in [5, 5.41) is 0. The Morgan fingerprint density at radius 3 is 2.14 bits per heavy atom. The molecule has 130 valence electrons. The molecule has 6 heteroatoms. The van der Waals surface area contributed by atoms with Crippen LogP contribution >= 0.6 is 0 Å². The molecule has 5 nitrogen and oxygen atoms in total. The van der Waals surface area contributed by atoms with Gasteiger partial charge in [-0.15, -0.1) is 0 Å². The van der Waals surface area contributed by atoms with E-state index >= 15 is 0 Å². The minimum Gasteiger partial charge on any atom is -0.341 e. The van der Waals surface area contributed by atoms with Gasteiger partial charge in [-0.1, -0.05) is 57.9 Å². The van der Waals surface area contributed by atoms with Crippen LogP contribution in [0.15, 0.2) is 12.2 Å². The molecule has 0 radical (unpaired) electrons. The molecular weight excluding hydrogens is 302 g/mol. The summed E-state index contributed by atoms with van der Waals surface area (Å²) in [7, 11) is -2.49. The molecule has 1 amide bonds. The number of rotatable bonds is 13. The SMILES string of the molecule is CCCCCCCCCC/C=C/C(=O)N(C)CCS(=O)(=O)O. The molecule has 0 spiro atoms. The molecule has 0 saturated heterocycles. The normalized spacial score (nSPS) is 12.0. The quantitative estimate of drug-likeness (QED) is 0.318. The molecule has 0 saturated carbocycles. The van der Waals surface area contributed by atoms with Crippen molar-refractivity contribution in [3.8, 4) is 0 Å². The first-order chi connectivity index (χ1) is 10.4. The van der Waals surface area contributed by atoms with Crippen molar-refractivity contribution in [2.24, 2.45) is 0 Å². The van der Waals surface area contributed by atoms with E-state index in [0.717, 1.165) is 12.8 Å². The average Bonchev–Trinajstić information content (AvgIpc) is 2.45. The van der Waals surface area contributed by atoms with Crippen molar-refractivity contribution < 1.29 is 17.8 Å². The Kier molecular flexibility index (Phi) is 12.1. The molecule has 0 bridgehead atoms. The van der Waals surface area contributed by atoms with Crippen LogP contribution in [-0.4, -0.2) is 43.1 Å². The van der Waals surface area contributed by atoms with Crippen LogP contribution < -0.4 is 0 Å². The van der Waals surface area contributed by atoms with Gasteiger partial charge < -0.3 is 4.90 Å². The van der Waals surface area contributed by atoms with E-state index in [-0.39, 0.29) is 12.5 Å². The van der Waals surface area contributed by atoms with Gasteiger partial charge in [0.1, 0.15) is 0 Å². The number of amides is 1. The maximum absolute atomic E-state index is 11.7. The second-order valence-electron chi connectivity index (χ2n) is 5.71. The van der Waals surface area contributed by atoms with E-state index in [1.54, 1.807) is 0 Å². The highest BCUT2D eigenvalue weighted by atomic mass is 32.2. The number of carbonyl (C=O) groups is 1. The number of carbonyl (C=O) groups excluding carboxylic acids is 1. The minimum atomic E-state index is -4.01. The molecule has 0 atom stereocenters. The predicted octanol–water partition coefficient (Wildman–Crippen LogP) is 3.42. The Morgan fingerprint density at radius 2 is 1.59 bits per heavy atom. The van der Waals surface area contributed by atoms with Crippen molar-refractivity contribution in [1.29, 1.82) is 0 Å². The Morgan fingerprint density at radius 1 is 1.05 bits per heavy atom. The second-order valence-corrected chi connectivity index (χ2v) is 7.28. The molecule has 0 aliphatic rings. The molecule has 0 heterocycles. The summed E-state index contributed by atoms with van der Waals surface area (Å²) in [6.45, 7) is 2.22. The van der Waals surface area contributed by atoms with Gasteiger partial charge in [-0.05, 0) is 18.9 Å². The third-order valence-electron chi connectivity index (χ3n) is 3.55. The number of likely N-dealkylation sites (N-methyl/N-ethyl adjacent to an activating group) is 1. The van der Waals surface area contributed by atoms with Gasteiger partial charge in [0.05, 0.1) is 5.75 Å². The first kappa shape index (κ1) is 21.1. The molecule has 1 N–H and O–H groups in total. The fourth-order valence-electron chi connectivity index (χ4n) is 2.07. The Bertz CT molecular complexity index is 418. The third kappa shape index (κ3) is 14.1. The summed E-state index contributed by atoms with van der Waals surface area (Å²) in [4.78, 5) is 12.9. The maximum atomic E-state index is 11.7. The minimum absolute atomic E-state index is 0.000231. The lowest BCUT2D eigenvalue weighted by Gasteiger charge is -2.13. The van der Waals surface area contributed by atoms with Crippen LogP contribution in [0.3, 0.4) is 0 Å². The van der Waals surface area contributed by atoms with Gasteiger partial charge in [0.25, 0.3) is 10.1 Å². The predicted molar refractivity (Wildman–Crippen MR) is 90.4 cm³/mol. The largest absolute Gasteiger partial charge is 0.341 e.